The van der Waals surface area contributed by atoms with Crippen LogP contribution in [0.1, 0.15) is 15.9 Å². The van der Waals surface area contributed by atoms with Gasteiger partial charge >= 0.3 is 0 Å². The lowest BCUT2D eigenvalue weighted by Crippen LogP contribution is -2.13. The van der Waals surface area contributed by atoms with E-state index in [9.17, 15) is 28.1 Å². The Kier molecular flexibility index (Phi) is 7.44. The number of nitro groups is 1. The largest absolute Gasteiger partial charge is 0.322 e. The van der Waals surface area contributed by atoms with Crippen molar-refractivity contribution in [3.05, 3.63) is 99.1 Å². The first-order chi connectivity index (χ1) is 16.0. The molecule has 0 radical (unpaired) electrons. The number of sulfone groups is 1. The Morgan fingerprint density at radius 2 is 1.74 bits per heavy atom. The molecule has 2 N–H and O–H groups in total. The standard InChI is InChI=1S/C23H18ClN3O6S/c1-34(32,33)19-7-3-5-16(13-19)23(29)26-21-10-9-17(14-20(21)24)25-22(28)11-8-15-4-2-6-18(12-15)27(30)31/h2-14H,1H3,(H,25,28)(H,26,29)/b11-8+. The fourth-order valence-electron chi connectivity index (χ4n) is 2.85. The van der Waals surface area contributed by atoms with E-state index in [-0.39, 0.29) is 26.9 Å². The van der Waals surface area contributed by atoms with Gasteiger partial charge in [0.2, 0.25) is 5.91 Å². The molecule has 34 heavy (non-hydrogen) atoms. The fraction of sp³-hybridized carbons (Fsp3) is 0.0435. The van der Waals surface area contributed by atoms with Gasteiger partial charge in [-0.3, -0.25) is 19.7 Å². The monoisotopic (exact) mass is 499 g/mol. The summed E-state index contributed by atoms with van der Waals surface area (Å²) in [5.41, 5.74) is 1.16. The number of hydrogen-bond acceptors (Lipinski definition) is 6. The van der Waals surface area contributed by atoms with E-state index in [1.54, 1.807) is 6.07 Å². The molecule has 0 saturated heterocycles. The zero-order valence-electron chi connectivity index (χ0n) is 17.7. The van der Waals surface area contributed by atoms with E-state index in [0.29, 0.717) is 11.3 Å². The zero-order valence-corrected chi connectivity index (χ0v) is 19.3. The molecule has 0 bridgehead atoms. The van der Waals surface area contributed by atoms with E-state index >= 15 is 0 Å². The first-order valence-electron chi connectivity index (χ1n) is 9.67. The van der Waals surface area contributed by atoms with Crippen LogP contribution < -0.4 is 10.6 Å². The number of nitro benzene ring substituents is 1. The lowest BCUT2D eigenvalue weighted by molar-refractivity contribution is -0.384. The van der Waals surface area contributed by atoms with Gasteiger partial charge in [0, 0.05) is 35.7 Å². The number of nitrogens with one attached hydrogen (secondary N) is 2. The molecule has 0 aromatic heterocycles. The van der Waals surface area contributed by atoms with E-state index in [2.05, 4.69) is 10.6 Å². The number of carbonyl (C=O) groups is 2. The minimum absolute atomic E-state index is 0.0162. The molecule has 0 spiro atoms. The van der Waals surface area contributed by atoms with Gasteiger partial charge < -0.3 is 10.6 Å². The molecule has 0 aliphatic rings. The molecule has 9 nitrogen and oxygen atoms in total. The van der Waals surface area contributed by atoms with Gasteiger partial charge in [0.15, 0.2) is 9.84 Å². The van der Waals surface area contributed by atoms with Gasteiger partial charge in [-0.15, -0.1) is 0 Å². The maximum Gasteiger partial charge on any atom is 0.270 e. The molecule has 3 aromatic carbocycles. The first-order valence-corrected chi connectivity index (χ1v) is 11.9. The quantitative estimate of drug-likeness (QED) is 0.278. The van der Waals surface area contributed by atoms with Crippen molar-refractivity contribution in [2.45, 2.75) is 4.90 Å². The second kappa shape index (κ2) is 10.3. The van der Waals surface area contributed by atoms with E-state index < -0.39 is 26.6 Å². The summed E-state index contributed by atoms with van der Waals surface area (Å²) >= 11 is 6.22. The van der Waals surface area contributed by atoms with Crippen molar-refractivity contribution < 1.29 is 22.9 Å². The molecular formula is C23H18ClN3O6S. The Bertz CT molecular complexity index is 1420. The number of amides is 2. The number of benzene rings is 3. The molecule has 11 heteroatoms. The van der Waals surface area contributed by atoms with Gasteiger partial charge in [-0.25, -0.2) is 8.42 Å². The molecular weight excluding hydrogens is 482 g/mol. The lowest BCUT2D eigenvalue weighted by atomic mass is 10.2. The van der Waals surface area contributed by atoms with Gasteiger partial charge in [0.05, 0.1) is 20.5 Å². The predicted molar refractivity (Wildman–Crippen MR) is 130 cm³/mol. The molecule has 0 aliphatic carbocycles. The Morgan fingerprint density at radius 1 is 1.00 bits per heavy atom. The van der Waals surface area contributed by atoms with E-state index in [0.717, 1.165) is 6.26 Å². The van der Waals surface area contributed by atoms with Crippen molar-refractivity contribution in [1.29, 1.82) is 0 Å². The molecule has 0 aliphatic heterocycles. The molecule has 0 atom stereocenters. The topological polar surface area (TPSA) is 135 Å². The van der Waals surface area contributed by atoms with Crippen molar-refractivity contribution in [2.24, 2.45) is 0 Å². The minimum Gasteiger partial charge on any atom is -0.322 e. The van der Waals surface area contributed by atoms with Crippen LogP contribution >= 0.6 is 11.6 Å². The van der Waals surface area contributed by atoms with Crippen molar-refractivity contribution in [1.82, 2.24) is 0 Å². The van der Waals surface area contributed by atoms with Crippen molar-refractivity contribution in [3.63, 3.8) is 0 Å². The number of anilines is 2. The molecule has 0 saturated carbocycles. The third-order valence-corrected chi connectivity index (χ3v) is 5.94. The van der Waals surface area contributed by atoms with E-state index in [1.165, 1.54) is 72.8 Å². The fourth-order valence-corrected chi connectivity index (χ4v) is 3.75. The Hall–Kier alpha value is -4.02. The smallest absolute Gasteiger partial charge is 0.270 e. The average molecular weight is 500 g/mol. The van der Waals surface area contributed by atoms with E-state index in [4.69, 9.17) is 11.6 Å². The minimum atomic E-state index is -3.47. The highest BCUT2D eigenvalue weighted by atomic mass is 35.5. The molecule has 3 aromatic rings. The molecule has 0 unspecified atom stereocenters. The Labute approximate surface area is 200 Å². The number of nitrogens with zero attached hydrogens (tertiary/aromatic N) is 1. The van der Waals surface area contributed by atoms with Crippen LogP contribution in [0.4, 0.5) is 17.1 Å². The number of rotatable bonds is 7. The summed E-state index contributed by atoms with van der Waals surface area (Å²) < 4.78 is 23.4. The maximum atomic E-state index is 12.5. The summed E-state index contributed by atoms with van der Waals surface area (Å²) in [6, 6.07) is 15.9. The summed E-state index contributed by atoms with van der Waals surface area (Å²) in [6.45, 7) is 0. The maximum absolute atomic E-state index is 12.5. The molecule has 0 heterocycles. The summed E-state index contributed by atoms with van der Waals surface area (Å²) in [5.74, 6) is -1.04. The highest BCUT2D eigenvalue weighted by Gasteiger charge is 2.13. The van der Waals surface area contributed by atoms with Crippen LogP contribution in [-0.4, -0.2) is 31.4 Å². The zero-order chi connectivity index (χ0) is 24.9. The lowest BCUT2D eigenvalue weighted by Gasteiger charge is -2.10. The van der Waals surface area contributed by atoms with Gasteiger partial charge in [-0.2, -0.15) is 0 Å². The molecule has 174 valence electrons. The first kappa shape index (κ1) is 24.6. The van der Waals surface area contributed by atoms with Crippen molar-refractivity contribution >= 4 is 56.4 Å². The number of carbonyl (C=O) groups excluding carboxylic acids is 2. The van der Waals surface area contributed by atoms with Gasteiger partial charge in [-0.1, -0.05) is 29.8 Å². The third-order valence-electron chi connectivity index (χ3n) is 4.52. The molecule has 3 rings (SSSR count). The second-order valence-corrected chi connectivity index (χ2v) is 9.55. The molecule has 2 amide bonds. The van der Waals surface area contributed by atoms with E-state index in [1.807, 2.05) is 0 Å². The highest BCUT2D eigenvalue weighted by molar-refractivity contribution is 7.90. The Morgan fingerprint density at radius 3 is 2.41 bits per heavy atom. The van der Waals surface area contributed by atoms with Crippen molar-refractivity contribution in [2.75, 3.05) is 16.9 Å². The summed E-state index contributed by atoms with van der Waals surface area (Å²) in [5, 5.41) is 16.2. The molecule has 0 fully saturated rings. The van der Waals surface area contributed by atoms with Crippen LogP contribution in [0.15, 0.2) is 77.7 Å². The normalized spacial score (nSPS) is 11.2. The van der Waals surface area contributed by atoms with Crippen LogP contribution in [0.3, 0.4) is 0 Å². The van der Waals surface area contributed by atoms with Crippen LogP contribution in [0.25, 0.3) is 6.08 Å². The summed E-state index contributed by atoms with van der Waals surface area (Å²) in [6.07, 6.45) is 3.70. The summed E-state index contributed by atoms with van der Waals surface area (Å²) in [7, 11) is -3.47. The third kappa shape index (κ3) is 6.50. The second-order valence-electron chi connectivity index (χ2n) is 7.12. The summed E-state index contributed by atoms with van der Waals surface area (Å²) in [4.78, 5) is 35.0. The predicted octanol–water partition coefficient (Wildman–Crippen LogP) is 4.56. The average Bonchev–Trinajstić information content (AvgIpc) is 2.79. The van der Waals surface area contributed by atoms with Gasteiger partial charge in [-0.05, 0) is 48.0 Å². The van der Waals surface area contributed by atoms with Crippen molar-refractivity contribution in [3.8, 4) is 0 Å². The number of hydrogen-bond donors (Lipinski definition) is 2. The highest BCUT2D eigenvalue weighted by Crippen LogP contribution is 2.26. The van der Waals surface area contributed by atoms with Crippen LogP contribution in [0.5, 0.6) is 0 Å². The van der Waals surface area contributed by atoms with Gasteiger partial charge in [0.25, 0.3) is 11.6 Å². The van der Waals surface area contributed by atoms with Crippen LogP contribution in [0.2, 0.25) is 5.02 Å². The Balaban J connectivity index is 1.67. The number of non-ortho nitro benzene ring substituents is 1. The SMILES string of the molecule is CS(=O)(=O)c1cccc(C(=O)Nc2ccc(NC(=O)/C=C/c3cccc([N+](=O)[O-])c3)cc2Cl)c1. The van der Waals surface area contributed by atoms with Gasteiger partial charge in [0.1, 0.15) is 0 Å². The number of halogens is 1. The van der Waals surface area contributed by atoms with Crippen LogP contribution in [-0.2, 0) is 14.6 Å². The van der Waals surface area contributed by atoms with Crippen LogP contribution in [0, 0.1) is 10.1 Å².